The minimum Gasteiger partial charge on any atom is -0.340 e. The van der Waals surface area contributed by atoms with Crippen LogP contribution in [0.2, 0.25) is 0 Å². The van der Waals surface area contributed by atoms with Gasteiger partial charge in [-0.3, -0.25) is 10.1 Å². The van der Waals surface area contributed by atoms with Crippen molar-refractivity contribution in [2.45, 2.75) is 18.4 Å². The quantitative estimate of drug-likeness (QED) is 0.745. The normalized spacial score (nSPS) is 17.8. The Hall–Kier alpha value is -1.96. The molecule has 1 aliphatic rings. The fourth-order valence-corrected chi connectivity index (χ4v) is 2.34. The standard InChI is InChI=1S/C16H16F2N4O.2ClH/c17-16(18)8-13(20-10-16)15(23)22-12-6-7-14(19-9-12)21-11-4-2-1-3-5-11;;/h1-7,9,13,20H,8,10H2,(H,19,21)(H,22,23);2*1H. The molecule has 0 spiro atoms. The molecule has 0 radical (unpaired) electrons. The lowest BCUT2D eigenvalue weighted by Crippen LogP contribution is -2.35. The molecular formula is C16H18Cl2F2N4O. The molecule has 136 valence electrons. The zero-order chi connectivity index (χ0) is 16.3. The molecule has 1 saturated heterocycles. The van der Waals surface area contributed by atoms with Gasteiger partial charge in [-0.2, -0.15) is 0 Å². The number of alkyl halides is 2. The van der Waals surface area contributed by atoms with Gasteiger partial charge in [0.2, 0.25) is 5.91 Å². The summed E-state index contributed by atoms with van der Waals surface area (Å²) in [6.07, 6.45) is 0.996. The van der Waals surface area contributed by atoms with Crippen LogP contribution in [-0.4, -0.2) is 29.4 Å². The first-order valence-electron chi connectivity index (χ1n) is 7.22. The topological polar surface area (TPSA) is 66.0 Å². The molecule has 3 rings (SSSR count). The lowest BCUT2D eigenvalue weighted by Gasteiger charge is -2.11. The van der Waals surface area contributed by atoms with Crippen LogP contribution in [0, 0.1) is 0 Å². The number of carbonyl (C=O) groups excluding carboxylic acids is 1. The van der Waals surface area contributed by atoms with Crippen LogP contribution < -0.4 is 16.0 Å². The van der Waals surface area contributed by atoms with Gasteiger partial charge < -0.3 is 10.6 Å². The molecule has 1 aliphatic heterocycles. The average molecular weight is 391 g/mol. The first-order chi connectivity index (χ1) is 11.0. The number of para-hydroxylation sites is 1. The van der Waals surface area contributed by atoms with E-state index in [9.17, 15) is 13.6 Å². The molecule has 9 heteroatoms. The fourth-order valence-electron chi connectivity index (χ4n) is 2.34. The minimum absolute atomic E-state index is 0. The summed E-state index contributed by atoms with van der Waals surface area (Å²) in [6.45, 7) is -0.469. The van der Waals surface area contributed by atoms with Crippen LogP contribution in [-0.2, 0) is 4.79 Å². The van der Waals surface area contributed by atoms with Gasteiger partial charge in [0.25, 0.3) is 5.92 Å². The molecule has 3 N–H and O–H groups in total. The maximum atomic E-state index is 13.1. The molecule has 0 bridgehead atoms. The molecule has 0 saturated carbocycles. The van der Waals surface area contributed by atoms with Crippen molar-refractivity contribution in [2.24, 2.45) is 0 Å². The van der Waals surface area contributed by atoms with Crippen molar-refractivity contribution < 1.29 is 13.6 Å². The maximum Gasteiger partial charge on any atom is 0.262 e. The molecule has 1 unspecified atom stereocenters. The van der Waals surface area contributed by atoms with Crippen molar-refractivity contribution in [1.29, 1.82) is 0 Å². The van der Waals surface area contributed by atoms with E-state index in [2.05, 4.69) is 20.9 Å². The molecule has 1 atom stereocenters. The third kappa shape index (κ3) is 5.81. The van der Waals surface area contributed by atoms with E-state index in [0.29, 0.717) is 11.5 Å². The predicted molar refractivity (Wildman–Crippen MR) is 98.4 cm³/mol. The molecule has 0 aliphatic carbocycles. The first-order valence-corrected chi connectivity index (χ1v) is 7.22. The van der Waals surface area contributed by atoms with Crippen LogP contribution >= 0.6 is 24.8 Å². The summed E-state index contributed by atoms with van der Waals surface area (Å²) in [6, 6.07) is 12.0. The largest absolute Gasteiger partial charge is 0.340 e. The van der Waals surface area contributed by atoms with Gasteiger partial charge in [-0.25, -0.2) is 13.8 Å². The van der Waals surface area contributed by atoms with Crippen molar-refractivity contribution in [3.63, 3.8) is 0 Å². The number of nitrogens with one attached hydrogen (secondary N) is 3. The lowest BCUT2D eigenvalue weighted by molar-refractivity contribution is -0.118. The number of halogens is 4. The second kappa shape index (κ2) is 8.94. The molecule has 2 heterocycles. The fraction of sp³-hybridized carbons (Fsp3) is 0.250. The lowest BCUT2D eigenvalue weighted by atomic mass is 10.2. The van der Waals surface area contributed by atoms with Crippen LogP contribution in [0.4, 0.5) is 26.0 Å². The molecule has 1 fully saturated rings. The monoisotopic (exact) mass is 390 g/mol. The van der Waals surface area contributed by atoms with Gasteiger partial charge in [0.15, 0.2) is 0 Å². The Morgan fingerprint density at radius 2 is 1.84 bits per heavy atom. The smallest absolute Gasteiger partial charge is 0.262 e. The molecule has 1 amide bonds. The highest BCUT2D eigenvalue weighted by molar-refractivity contribution is 5.95. The second-order valence-electron chi connectivity index (χ2n) is 5.41. The summed E-state index contributed by atoms with van der Waals surface area (Å²) in [5, 5.41) is 8.22. The third-order valence-corrected chi connectivity index (χ3v) is 3.50. The Bertz CT molecular complexity index is 686. The molecular weight excluding hydrogens is 373 g/mol. The van der Waals surface area contributed by atoms with Crippen LogP contribution in [0.1, 0.15) is 6.42 Å². The maximum absolute atomic E-state index is 13.1. The molecule has 2 aromatic rings. The Labute approximate surface area is 156 Å². The van der Waals surface area contributed by atoms with E-state index in [4.69, 9.17) is 0 Å². The zero-order valence-electron chi connectivity index (χ0n) is 13.0. The van der Waals surface area contributed by atoms with Crippen LogP contribution in [0.25, 0.3) is 0 Å². The minimum atomic E-state index is -2.83. The van der Waals surface area contributed by atoms with Gasteiger partial charge in [-0.05, 0) is 24.3 Å². The third-order valence-electron chi connectivity index (χ3n) is 3.50. The van der Waals surface area contributed by atoms with Gasteiger partial charge in [0, 0.05) is 12.1 Å². The Morgan fingerprint density at radius 3 is 2.40 bits per heavy atom. The van der Waals surface area contributed by atoms with Gasteiger partial charge in [-0.15, -0.1) is 24.8 Å². The number of anilines is 3. The van der Waals surface area contributed by atoms with E-state index in [0.717, 1.165) is 5.69 Å². The number of rotatable bonds is 4. The number of hydrogen-bond donors (Lipinski definition) is 3. The number of aromatic nitrogens is 1. The summed E-state index contributed by atoms with van der Waals surface area (Å²) < 4.78 is 26.2. The number of amides is 1. The van der Waals surface area contributed by atoms with Crippen molar-refractivity contribution in [1.82, 2.24) is 10.3 Å². The second-order valence-corrected chi connectivity index (χ2v) is 5.41. The average Bonchev–Trinajstić information content (AvgIpc) is 2.90. The number of carbonyl (C=O) groups is 1. The van der Waals surface area contributed by atoms with E-state index in [1.807, 2.05) is 30.3 Å². The highest BCUT2D eigenvalue weighted by Gasteiger charge is 2.42. The predicted octanol–water partition coefficient (Wildman–Crippen LogP) is 3.60. The Morgan fingerprint density at radius 1 is 1.12 bits per heavy atom. The first kappa shape index (κ1) is 21.1. The molecule has 1 aromatic carbocycles. The zero-order valence-corrected chi connectivity index (χ0v) is 14.7. The van der Waals surface area contributed by atoms with Gasteiger partial charge in [-0.1, -0.05) is 18.2 Å². The Balaban J connectivity index is 0.00000156. The van der Waals surface area contributed by atoms with Crippen molar-refractivity contribution >= 4 is 47.9 Å². The summed E-state index contributed by atoms with van der Waals surface area (Å²) >= 11 is 0. The SMILES string of the molecule is Cl.Cl.O=C(Nc1ccc(Nc2ccccc2)nc1)C1CC(F)(F)CN1. The Kier molecular flexibility index (Phi) is 7.54. The number of nitrogens with zero attached hydrogens (tertiary/aromatic N) is 1. The van der Waals surface area contributed by atoms with E-state index < -0.39 is 30.8 Å². The van der Waals surface area contributed by atoms with E-state index in [1.165, 1.54) is 6.20 Å². The van der Waals surface area contributed by atoms with Crippen molar-refractivity contribution in [2.75, 3.05) is 17.2 Å². The molecule has 1 aromatic heterocycles. The summed E-state index contributed by atoms with van der Waals surface area (Å²) in [4.78, 5) is 16.1. The van der Waals surface area contributed by atoms with E-state index >= 15 is 0 Å². The highest BCUT2D eigenvalue weighted by atomic mass is 35.5. The van der Waals surface area contributed by atoms with E-state index in [-0.39, 0.29) is 24.8 Å². The van der Waals surface area contributed by atoms with Crippen LogP contribution in [0.15, 0.2) is 48.7 Å². The van der Waals surface area contributed by atoms with E-state index in [1.54, 1.807) is 12.1 Å². The number of benzene rings is 1. The van der Waals surface area contributed by atoms with Crippen LogP contribution in [0.5, 0.6) is 0 Å². The van der Waals surface area contributed by atoms with Crippen LogP contribution in [0.3, 0.4) is 0 Å². The summed E-state index contributed by atoms with van der Waals surface area (Å²) in [7, 11) is 0. The van der Waals surface area contributed by atoms with Gasteiger partial charge in [0.1, 0.15) is 5.82 Å². The van der Waals surface area contributed by atoms with Gasteiger partial charge in [0.05, 0.1) is 24.5 Å². The summed E-state index contributed by atoms with van der Waals surface area (Å²) in [5.41, 5.74) is 1.36. The number of pyridine rings is 1. The molecule has 5 nitrogen and oxygen atoms in total. The number of hydrogen-bond acceptors (Lipinski definition) is 4. The van der Waals surface area contributed by atoms with Crippen molar-refractivity contribution in [3.05, 3.63) is 48.7 Å². The van der Waals surface area contributed by atoms with Gasteiger partial charge >= 0.3 is 0 Å². The summed E-state index contributed by atoms with van der Waals surface area (Å²) in [5.74, 6) is -2.68. The highest BCUT2D eigenvalue weighted by Crippen LogP contribution is 2.25. The van der Waals surface area contributed by atoms with Crippen molar-refractivity contribution in [3.8, 4) is 0 Å². The molecule has 25 heavy (non-hydrogen) atoms.